The molecule has 1 aliphatic rings. The topological polar surface area (TPSA) is 0 Å². The molecule has 0 aromatic carbocycles. The maximum atomic E-state index is 2.99. The van der Waals surface area contributed by atoms with Gasteiger partial charge in [-0.2, -0.15) is 6.08 Å². The molecule has 0 bridgehead atoms. The van der Waals surface area contributed by atoms with Crippen molar-refractivity contribution in [2.45, 2.75) is 58.3 Å². The van der Waals surface area contributed by atoms with Crippen molar-refractivity contribution >= 4 is 33.4 Å². The Morgan fingerprint density at radius 2 is 1.09 bits per heavy atom. The average Bonchev–Trinajstić information content (AvgIpc) is 2.29. The predicted molar refractivity (Wildman–Crippen MR) is 116 cm³/mol. The molecule has 0 N–H and O–H groups in total. The van der Waals surface area contributed by atoms with Crippen LogP contribution in [0.1, 0.15) is 48.0 Å². The van der Waals surface area contributed by atoms with Crippen LogP contribution in [0.2, 0.25) is 0 Å². The second-order valence-electron chi connectivity index (χ2n) is 5.63. The molecular weight excluding hydrogens is 497 g/mol. The largest absolute Gasteiger partial charge is 0.358 e. The molecule has 142 valence electrons. The van der Waals surface area contributed by atoms with Crippen LogP contribution in [0, 0.1) is 43.2 Å². The van der Waals surface area contributed by atoms with Gasteiger partial charge in [-0.05, 0) is 10.3 Å². The van der Waals surface area contributed by atoms with Gasteiger partial charge in [-0.25, -0.2) is 12.2 Å². The first kappa shape index (κ1) is 56.6. The zero-order valence-corrected chi connectivity index (χ0v) is 23.0. The summed E-state index contributed by atoms with van der Waals surface area (Å²) in [6.07, 6.45) is 10.0. The molecule has 0 radical (unpaired) electrons. The van der Waals surface area contributed by atoms with Crippen molar-refractivity contribution in [1.29, 1.82) is 0 Å². The summed E-state index contributed by atoms with van der Waals surface area (Å²) in [4.78, 5) is 0. The van der Waals surface area contributed by atoms with Crippen LogP contribution in [0.5, 0.6) is 0 Å². The molecule has 0 nitrogen and oxygen atoms in total. The van der Waals surface area contributed by atoms with E-state index in [0.717, 1.165) is 15.0 Å². The summed E-state index contributed by atoms with van der Waals surface area (Å²) in [6, 6.07) is 0. The minimum Gasteiger partial charge on any atom is -0.358 e. The van der Waals surface area contributed by atoms with E-state index in [2.05, 4.69) is 53.7 Å². The smallest absolute Gasteiger partial charge is 0 e. The van der Waals surface area contributed by atoms with Crippen molar-refractivity contribution in [3.63, 3.8) is 0 Å². The monoisotopic (exact) mass is 538 g/mol. The Kier molecular flexibility index (Phi) is 70.1. The minimum atomic E-state index is 0. The number of halogens is 2. The van der Waals surface area contributed by atoms with Crippen LogP contribution in [0.4, 0.5) is 0 Å². The van der Waals surface area contributed by atoms with Crippen molar-refractivity contribution < 1.29 is 25.8 Å². The van der Waals surface area contributed by atoms with Gasteiger partial charge in [0.1, 0.15) is 0 Å². The van der Waals surface area contributed by atoms with Gasteiger partial charge in [0.25, 0.3) is 0 Å². The van der Waals surface area contributed by atoms with Crippen LogP contribution in [-0.2, 0) is 25.8 Å². The molecular formula is C18H41Cl2HfP-6. The predicted octanol–water partition coefficient (Wildman–Crippen LogP) is 7.66. The maximum Gasteiger partial charge on any atom is 0 e. The first-order valence-electron chi connectivity index (χ1n) is 5.22. The Labute approximate surface area is 178 Å². The standard InChI is InChI=1S/C8H19P.C5H5.5CH3.2ClH.Hf/c1-7(2,3)9-8(4,5)6;1-2-4-5-3-1;;;;;;;;/h9H,1-6H3;1-3H,4H2;5*1H3;2*1H;/q;6*-1;;;. The van der Waals surface area contributed by atoms with Gasteiger partial charge in [-0.1, -0.05) is 41.5 Å². The number of hydrogen-bond acceptors (Lipinski definition) is 0. The van der Waals surface area contributed by atoms with Gasteiger partial charge in [0, 0.05) is 25.8 Å². The van der Waals surface area contributed by atoms with E-state index in [1.807, 2.05) is 12.2 Å². The third-order valence-corrected chi connectivity index (χ3v) is 2.84. The Bertz CT molecular complexity index is 192. The van der Waals surface area contributed by atoms with Crippen LogP contribution in [0.15, 0.2) is 18.2 Å². The van der Waals surface area contributed by atoms with Gasteiger partial charge in [0.15, 0.2) is 0 Å². The molecule has 0 saturated heterocycles. The molecule has 0 aliphatic heterocycles. The zero-order valence-electron chi connectivity index (χ0n) is 16.8. The summed E-state index contributed by atoms with van der Waals surface area (Å²) in [7, 11) is 1.05. The van der Waals surface area contributed by atoms with Gasteiger partial charge in [0.05, 0.1) is 0 Å². The summed E-state index contributed by atoms with van der Waals surface area (Å²) in [5, 5.41) is 1.02. The summed E-state index contributed by atoms with van der Waals surface area (Å²) < 4.78 is 0. The van der Waals surface area contributed by atoms with E-state index in [1.165, 1.54) is 0 Å². The zero-order chi connectivity index (χ0) is 11.2. The van der Waals surface area contributed by atoms with E-state index in [4.69, 9.17) is 0 Å². The minimum absolute atomic E-state index is 0. The molecule has 0 atom stereocenters. The van der Waals surface area contributed by atoms with E-state index in [-0.39, 0.29) is 87.8 Å². The quantitative estimate of drug-likeness (QED) is 0.169. The van der Waals surface area contributed by atoms with Crippen LogP contribution in [0.25, 0.3) is 0 Å². The Hall–Kier alpha value is 1.36. The maximum absolute atomic E-state index is 2.99. The van der Waals surface area contributed by atoms with E-state index in [0.29, 0.717) is 10.3 Å². The van der Waals surface area contributed by atoms with Crippen molar-refractivity contribution in [2.75, 3.05) is 0 Å². The van der Waals surface area contributed by atoms with E-state index < -0.39 is 0 Å². The molecule has 0 heterocycles. The SMILES string of the molecule is CC(C)(C)PC(C)(C)C.Cl.Cl.[C-]1=CC=CC1.[CH3-].[CH3-].[CH3-].[CH3-].[CH3-].[Hf]. The van der Waals surface area contributed by atoms with Gasteiger partial charge in [-0.15, -0.1) is 39.8 Å². The number of rotatable bonds is 0. The first-order chi connectivity index (χ1) is 6.21. The second kappa shape index (κ2) is 27.2. The number of hydrogen-bond donors (Lipinski definition) is 0. The van der Waals surface area contributed by atoms with Crippen LogP contribution < -0.4 is 0 Å². The average molecular weight is 538 g/mol. The molecule has 0 saturated carbocycles. The number of allylic oxidation sites excluding steroid dienone is 4. The summed E-state index contributed by atoms with van der Waals surface area (Å²) in [6.45, 7) is 13.8. The molecule has 22 heavy (non-hydrogen) atoms. The van der Waals surface area contributed by atoms with Gasteiger partial charge in [-0.3, -0.25) is 6.08 Å². The van der Waals surface area contributed by atoms with Crippen molar-refractivity contribution in [3.8, 4) is 0 Å². The summed E-state index contributed by atoms with van der Waals surface area (Å²) in [5.74, 6) is 0. The second-order valence-corrected chi connectivity index (χ2v) is 8.88. The Balaban J connectivity index is -0.0000000169. The van der Waals surface area contributed by atoms with E-state index >= 15 is 0 Å². The summed E-state index contributed by atoms with van der Waals surface area (Å²) >= 11 is 0. The van der Waals surface area contributed by atoms with Gasteiger partial charge in [0.2, 0.25) is 0 Å². The fourth-order valence-corrected chi connectivity index (χ4v) is 3.72. The molecule has 0 aromatic rings. The third kappa shape index (κ3) is 58.0. The molecule has 4 heteroatoms. The fourth-order valence-electron chi connectivity index (χ4n) is 1.47. The van der Waals surface area contributed by atoms with E-state index in [9.17, 15) is 0 Å². The Morgan fingerprint density at radius 3 is 1.14 bits per heavy atom. The van der Waals surface area contributed by atoms with Crippen LogP contribution >= 0.6 is 33.4 Å². The molecule has 0 unspecified atom stereocenters. The molecule has 0 aromatic heterocycles. The first-order valence-corrected chi connectivity index (χ1v) is 6.22. The Morgan fingerprint density at radius 1 is 0.773 bits per heavy atom. The molecule has 0 amide bonds. The molecule has 0 fully saturated rings. The molecule has 1 aliphatic carbocycles. The van der Waals surface area contributed by atoms with E-state index in [1.54, 1.807) is 0 Å². The normalized spacial score (nSPS) is 9.73. The molecule has 0 spiro atoms. The van der Waals surface area contributed by atoms with Crippen molar-refractivity contribution in [1.82, 2.24) is 0 Å². The van der Waals surface area contributed by atoms with Crippen molar-refractivity contribution in [2.24, 2.45) is 0 Å². The third-order valence-electron chi connectivity index (χ3n) is 1.34. The van der Waals surface area contributed by atoms with Gasteiger partial charge < -0.3 is 37.1 Å². The van der Waals surface area contributed by atoms with Crippen LogP contribution in [0.3, 0.4) is 0 Å². The van der Waals surface area contributed by atoms with Crippen molar-refractivity contribution in [3.05, 3.63) is 61.4 Å². The summed E-state index contributed by atoms with van der Waals surface area (Å²) in [5.41, 5.74) is 0. The van der Waals surface area contributed by atoms with Gasteiger partial charge >= 0.3 is 0 Å². The fraction of sp³-hybridized carbons (Fsp3) is 0.500. The molecule has 1 rings (SSSR count). The van der Waals surface area contributed by atoms with Crippen LogP contribution in [-0.4, -0.2) is 10.3 Å².